The summed E-state index contributed by atoms with van der Waals surface area (Å²) in [7, 11) is 0. The topological polar surface area (TPSA) is 115 Å². The molecular formula is C17H20N6O3. The van der Waals surface area contributed by atoms with E-state index in [4.69, 9.17) is 4.74 Å². The van der Waals surface area contributed by atoms with Gasteiger partial charge in [0.15, 0.2) is 17.6 Å². The number of imidazole rings is 1. The van der Waals surface area contributed by atoms with E-state index in [1.807, 2.05) is 25.3 Å². The summed E-state index contributed by atoms with van der Waals surface area (Å²) in [5.74, 6) is -0.739. The summed E-state index contributed by atoms with van der Waals surface area (Å²) in [6.07, 6.45) is 1.77. The lowest BCUT2D eigenvalue weighted by molar-refractivity contribution is -0.123. The molecule has 1 amide bonds. The molecule has 0 radical (unpaired) electrons. The highest BCUT2D eigenvalue weighted by atomic mass is 16.5. The molecule has 0 fully saturated rings. The number of fused-ring (bicyclic) bond motifs is 1. The maximum atomic E-state index is 12.4. The van der Waals surface area contributed by atoms with Crippen LogP contribution in [0.2, 0.25) is 0 Å². The number of rotatable bonds is 5. The van der Waals surface area contributed by atoms with Gasteiger partial charge >= 0.3 is 5.97 Å². The average Bonchev–Trinajstić information content (AvgIpc) is 3.19. The molecule has 2 N–H and O–H groups in total. The van der Waals surface area contributed by atoms with E-state index in [0.717, 1.165) is 17.9 Å². The predicted octanol–water partition coefficient (Wildman–Crippen LogP) is 1.98. The van der Waals surface area contributed by atoms with Crippen LogP contribution in [0.4, 0.5) is 5.82 Å². The SMILES string of the molecule is CCn1c(C)cc(C(=O)O[C@H](C)C(=O)Nc2ncnc3nc[nH]c23)c1C. The Morgan fingerprint density at radius 3 is 2.77 bits per heavy atom. The van der Waals surface area contributed by atoms with E-state index >= 15 is 0 Å². The zero-order valence-electron chi connectivity index (χ0n) is 15.0. The zero-order chi connectivity index (χ0) is 18.8. The van der Waals surface area contributed by atoms with Crippen molar-refractivity contribution in [2.45, 2.75) is 40.3 Å². The number of aromatic nitrogens is 5. The standard InChI is InChI=1S/C17H20N6O3/c1-5-23-9(2)6-12(10(23)3)17(25)26-11(4)16(24)22-15-13-14(19-7-18-13)20-8-21-15/h6-8,11H,5H2,1-4H3,(H2,18,19,20,21,22,24)/t11-/m1/s1. The fourth-order valence-corrected chi connectivity index (χ4v) is 2.85. The fraction of sp³-hybridized carbons (Fsp3) is 0.353. The molecular weight excluding hydrogens is 336 g/mol. The summed E-state index contributed by atoms with van der Waals surface area (Å²) in [5, 5.41) is 2.63. The fourth-order valence-electron chi connectivity index (χ4n) is 2.85. The molecule has 3 heterocycles. The van der Waals surface area contributed by atoms with Crippen molar-refractivity contribution >= 4 is 28.9 Å². The van der Waals surface area contributed by atoms with Gasteiger partial charge in [-0.2, -0.15) is 0 Å². The van der Waals surface area contributed by atoms with Crippen LogP contribution >= 0.6 is 0 Å². The van der Waals surface area contributed by atoms with Gasteiger partial charge in [0.2, 0.25) is 0 Å². The minimum Gasteiger partial charge on any atom is -0.449 e. The molecule has 3 aromatic heterocycles. The van der Waals surface area contributed by atoms with Gasteiger partial charge in [0.25, 0.3) is 5.91 Å². The third kappa shape index (κ3) is 3.15. The molecule has 3 rings (SSSR count). The Morgan fingerprint density at radius 1 is 1.31 bits per heavy atom. The number of amides is 1. The molecule has 0 saturated carbocycles. The summed E-state index contributed by atoms with van der Waals surface area (Å²) in [4.78, 5) is 39.7. The number of hydrogen-bond acceptors (Lipinski definition) is 6. The van der Waals surface area contributed by atoms with Crippen molar-refractivity contribution < 1.29 is 14.3 Å². The molecule has 0 saturated heterocycles. The van der Waals surface area contributed by atoms with Crippen LogP contribution in [0.15, 0.2) is 18.7 Å². The maximum Gasteiger partial charge on any atom is 0.340 e. The van der Waals surface area contributed by atoms with Gasteiger partial charge in [0.1, 0.15) is 11.8 Å². The van der Waals surface area contributed by atoms with Crippen LogP contribution in [-0.2, 0) is 16.1 Å². The van der Waals surface area contributed by atoms with Crippen molar-refractivity contribution in [3.63, 3.8) is 0 Å². The lowest BCUT2D eigenvalue weighted by atomic mass is 10.2. The molecule has 9 nitrogen and oxygen atoms in total. The summed E-state index contributed by atoms with van der Waals surface area (Å²) in [6, 6.07) is 1.77. The average molecular weight is 356 g/mol. The summed E-state index contributed by atoms with van der Waals surface area (Å²) in [6.45, 7) is 8.05. The monoisotopic (exact) mass is 356 g/mol. The van der Waals surface area contributed by atoms with Crippen LogP contribution < -0.4 is 5.32 Å². The van der Waals surface area contributed by atoms with Gasteiger partial charge < -0.3 is 19.6 Å². The first-order valence-corrected chi connectivity index (χ1v) is 8.25. The minimum absolute atomic E-state index is 0.282. The maximum absolute atomic E-state index is 12.4. The molecule has 9 heteroatoms. The molecule has 0 aliphatic rings. The smallest absolute Gasteiger partial charge is 0.340 e. The number of nitrogens with one attached hydrogen (secondary N) is 2. The molecule has 3 aromatic rings. The number of anilines is 1. The summed E-state index contributed by atoms with van der Waals surface area (Å²) < 4.78 is 7.34. The number of hydrogen-bond donors (Lipinski definition) is 2. The molecule has 0 aromatic carbocycles. The van der Waals surface area contributed by atoms with Crippen LogP contribution in [0, 0.1) is 13.8 Å². The summed E-state index contributed by atoms with van der Waals surface area (Å²) >= 11 is 0. The first-order valence-electron chi connectivity index (χ1n) is 8.25. The third-order valence-electron chi connectivity index (χ3n) is 4.23. The lowest BCUT2D eigenvalue weighted by Gasteiger charge is -2.13. The Balaban J connectivity index is 1.71. The van der Waals surface area contributed by atoms with Crippen molar-refractivity contribution in [3.8, 4) is 0 Å². The first kappa shape index (κ1) is 17.6. The second-order valence-corrected chi connectivity index (χ2v) is 5.89. The highest BCUT2D eigenvalue weighted by molar-refractivity contribution is 6.00. The van der Waals surface area contributed by atoms with Crippen molar-refractivity contribution in [1.29, 1.82) is 0 Å². The van der Waals surface area contributed by atoms with E-state index in [9.17, 15) is 9.59 Å². The molecule has 0 spiro atoms. The molecule has 0 aliphatic carbocycles. The number of carbonyl (C=O) groups is 2. The van der Waals surface area contributed by atoms with Crippen molar-refractivity contribution in [1.82, 2.24) is 24.5 Å². The van der Waals surface area contributed by atoms with E-state index < -0.39 is 18.0 Å². The first-order chi connectivity index (χ1) is 12.4. The van der Waals surface area contributed by atoms with Crippen LogP contribution in [-0.4, -0.2) is 42.5 Å². The Labute approximate surface area is 149 Å². The molecule has 0 bridgehead atoms. The van der Waals surface area contributed by atoms with Gasteiger partial charge in [0.05, 0.1) is 11.9 Å². The highest BCUT2D eigenvalue weighted by Gasteiger charge is 2.23. The van der Waals surface area contributed by atoms with Crippen LogP contribution in [0.3, 0.4) is 0 Å². The second kappa shape index (κ2) is 6.95. The minimum atomic E-state index is -0.986. The molecule has 26 heavy (non-hydrogen) atoms. The molecule has 1 atom stereocenters. The second-order valence-electron chi connectivity index (χ2n) is 5.89. The van der Waals surface area contributed by atoms with E-state index in [1.165, 1.54) is 19.6 Å². The highest BCUT2D eigenvalue weighted by Crippen LogP contribution is 2.18. The van der Waals surface area contributed by atoms with Crippen LogP contribution in [0.25, 0.3) is 11.2 Å². The van der Waals surface area contributed by atoms with Gasteiger partial charge in [0, 0.05) is 17.9 Å². The normalized spacial score (nSPS) is 12.2. The van der Waals surface area contributed by atoms with Crippen LogP contribution in [0.5, 0.6) is 0 Å². The summed E-state index contributed by atoms with van der Waals surface area (Å²) in [5.41, 5.74) is 3.19. The Bertz CT molecular complexity index is 974. The van der Waals surface area contributed by atoms with Gasteiger partial charge in [-0.15, -0.1) is 0 Å². The van der Waals surface area contributed by atoms with Crippen molar-refractivity contribution in [3.05, 3.63) is 35.7 Å². The van der Waals surface area contributed by atoms with Gasteiger partial charge in [-0.1, -0.05) is 0 Å². The number of carbonyl (C=O) groups excluding carboxylic acids is 2. The van der Waals surface area contributed by atoms with E-state index in [-0.39, 0.29) is 5.82 Å². The van der Waals surface area contributed by atoms with Crippen molar-refractivity contribution in [2.75, 3.05) is 5.32 Å². The number of nitrogens with zero attached hydrogens (tertiary/aromatic N) is 4. The van der Waals surface area contributed by atoms with E-state index in [2.05, 4.69) is 25.3 Å². The number of H-pyrrole nitrogens is 1. The third-order valence-corrected chi connectivity index (χ3v) is 4.23. The van der Waals surface area contributed by atoms with Gasteiger partial charge in [-0.25, -0.2) is 19.7 Å². The van der Waals surface area contributed by atoms with Crippen LogP contribution in [0.1, 0.15) is 35.6 Å². The quantitative estimate of drug-likeness (QED) is 0.676. The largest absolute Gasteiger partial charge is 0.449 e. The number of aromatic amines is 1. The molecule has 0 aliphatic heterocycles. The zero-order valence-corrected chi connectivity index (χ0v) is 15.0. The number of ether oxygens (including phenoxy) is 1. The van der Waals surface area contributed by atoms with E-state index in [1.54, 1.807) is 6.07 Å². The lowest BCUT2D eigenvalue weighted by Crippen LogP contribution is -2.30. The van der Waals surface area contributed by atoms with E-state index in [0.29, 0.717) is 16.7 Å². The Morgan fingerprint density at radius 2 is 2.08 bits per heavy atom. The number of aryl methyl sites for hydroxylation is 1. The Hall–Kier alpha value is -3.23. The Kier molecular flexibility index (Phi) is 4.70. The van der Waals surface area contributed by atoms with Crippen molar-refractivity contribution in [2.24, 2.45) is 0 Å². The predicted molar refractivity (Wildman–Crippen MR) is 94.8 cm³/mol. The van der Waals surface area contributed by atoms with Gasteiger partial charge in [-0.3, -0.25) is 4.79 Å². The number of esters is 1. The van der Waals surface area contributed by atoms with Gasteiger partial charge in [-0.05, 0) is 33.8 Å². The molecule has 136 valence electrons. The molecule has 0 unspecified atom stereocenters.